The second kappa shape index (κ2) is 2.64. The molecule has 33 valence electrons. The molecule has 0 aromatic carbocycles. The van der Waals surface area contributed by atoms with Crippen molar-refractivity contribution >= 4 is 5.78 Å². The molecule has 0 aromatic heterocycles. The molecule has 0 N–H and O–H groups in total. The first kappa shape index (κ1) is 5.41. The van der Waals surface area contributed by atoms with Crippen LogP contribution in [0.4, 0.5) is 0 Å². The predicted molar refractivity (Wildman–Crippen MR) is 25.2 cm³/mol. The zero-order valence-electron chi connectivity index (χ0n) is 3.77. The lowest BCUT2D eigenvalue weighted by Crippen LogP contribution is -1.83. The van der Waals surface area contributed by atoms with Gasteiger partial charge in [0.1, 0.15) is 5.78 Å². The first-order valence-electron chi connectivity index (χ1n) is 1.73. The van der Waals surface area contributed by atoms with Crippen molar-refractivity contribution in [2.24, 2.45) is 0 Å². The maximum Gasteiger partial charge on any atom is 0.137 e. The Morgan fingerprint density at radius 3 is 2.33 bits per heavy atom. The molecule has 0 aliphatic heterocycles. The molecule has 6 heavy (non-hydrogen) atoms. The molecule has 0 saturated carbocycles. The van der Waals surface area contributed by atoms with Crippen LogP contribution in [-0.2, 0) is 4.79 Å². The average molecular weight is 84.1 g/mol. The van der Waals surface area contributed by atoms with Gasteiger partial charge in [0.05, 0.1) is 0 Å². The summed E-state index contributed by atoms with van der Waals surface area (Å²) in [5, 5.41) is 0. The minimum absolute atomic E-state index is 0.0463. The largest absolute Gasteiger partial charge is 0.299 e. The van der Waals surface area contributed by atoms with E-state index < -0.39 is 0 Å². The van der Waals surface area contributed by atoms with Crippen LogP contribution >= 0.6 is 0 Å². The Hall–Kier alpha value is -0.590. The molecule has 0 bridgehead atoms. The fourth-order valence-electron chi connectivity index (χ4n) is 0.166. The third-order valence-electron chi connectivity index (χ3n) is 0.353. The summed E-state index contributed by atoms with van der Waals surface area (Å²) >= 11 is 0. The molecule has 1 radical (unpaired) electrons. The Bertz CT molecular complexity index is 64.3. The molecule has 0 unspecified atom stereocenters. The van der Waals surface area contributed by atoms with Gasteiger partial charge < -0.3 is 0 Å². The van der Waals surface area contributed by atoms with E-state index in [0.717, 1.165) is 0 Å². The standard InChI is InChI=1S/C5H7O/c1-3-4-5(2)6/h3-4H,1H2,2H3/i5+1. The Morgan fingerprint density at radius 2 is 2.33 bits per heavy atom. The summed E-state index contributed by atoms with van der Waals surface area (Å²) in [5.41, 5.74) is 0. The molecular weight excluding hydrogens is 77.0 g/mol. The summed E-state index contributed by atoms with van der Waals surface area (Å²) in [6.45, 7) is 4.81. The van der Waals surface area contributed by atoms with Crippen molar-refractivity contribution < 1.29 is 4.79 Å². The molecule has 0 aliphatic carbocycles. The van der Waals surface area contributed by atoms with Crippen molar-refractivity contribution in [2.45, 2.75) is 6.92 Å². The maximum absolute atomic E-state index is 9.92. The molecule has 0 spiro atoms. The van der Waals surface area contributed by atoms with Gasteiger partial charge in [-0.2, -0.15) is 0 Å². The van der Waals surface area contributed by atoms with Crippen molar-refractivity contribution in [1.29, 1.82) is 0 Å². The van der Waals surface area contributed by atoms with Crippen LogP contribution < -0.4 is 0 Å². The highest BCUT2D eigenvalue weighted by atomic mass is 16.2. The molecule has 0 atom stereocenters. The van der Waals surface area contributed by atoms with Gasteiger partial charge in [0.2, 0.25) is 0 Å². The van der Waals surface area contributed by atoms with Gasteiger partial charge in [-0.15, -0.1) is 6.58 Å². The number of hydrogen-bond acceptors (Lipinski definition) is 1. The highest BCUT2D eigenvalue weighted by molar-refractivity contribution is 5.86. The maximum atomic E-state index is 9.92. The van der Waals surface area contributed by atoms with Crippen molar-refractivity contribution in [3.05, 3.63) is 19.1 Å². The molecule has 1 heteroatoms. The van der Waals surface area contributed by atoms with Crippen LogP contribution in [0.2, 0.25) is 0 Å². The lowest BCUT2D eigenvalue weighted by molar-refractivity contribution is -0.113. The number of carbonyl (C=O) groups is 1. The summed E-state index contributed by atoms with van der Waals surface area (Å²) < 4.78 is 0. The molecule has 0 aliphatic rings. The van der Waals surface area contributed by atoms with Crippen LogP contribution in [0, 0.1) is 6.42 Å². The van der Waals surface area contributed by atoms with Gasteiger partial charge in [-0.05, 0) is 6.92 Å². The third-order valence-corrected chi connectivity index (χ3v) is 0.353. The van der Waals surface area contributed by atoms with E-state index in [2.05, 4.69) is 6.58 Å². The molecule has 0 rings (SSSR count). The normalized spacial score (nSPS) is 7.50. The van der Waals surface area contributed by atoms with E-state index in [1.165, 1.54) is 19.4 Å². The van der Waals surface area contributed by atoms with Gasteiger partial charge in [0.15, 0.2) is 0 Å². The molecule has 0 fully saturated rings. The Balaban J connectivity index is 3.05. The molecule has 0 heterocycles. The van der Waals surface area contributed by atoms with Gasteiger partial charge in [-0.3, -0.25) is 4.79 Å². The zero-order valence-corrected chi connectivity index (χ0v) is 3.77. The minimum Gasteiger partial charge on any atom is -0.299 e. The Kier molecular flexibility index (Phi) is 2.38. The second-order valence-electron chi connectivity index (χ2n) is 1.01. The number of Topliss-reactive ketones (excluding diaryl/α,β-unsaturated/α-hetero) is 1. The fourth-order valence-corrected chi connectivity index (χ4v) is 0.166. The van der Waals surface area contributed by atoms with Crippen molar-refractivity contribution in [2.75, 3.05) is 0 Å². The van der Waals surface area contributed by atoms with E-state index in [1.807, 2.05) is 0 Å². The predicted octanol–water partition coefficient (Wildman–Crippen LogP) is 0.966. The summed E-state index contributed by atoms with van der Waals surface area (Å²) in [7, 11) is 0. The first-order valence-corrected chi connectivity index (χ1v) is 1.73. The molecular formula is C5H7O. The number of ketones is 1. The molecule has 0 saturated heterocycles. The van der Waals surface area contributed by atoms with E-state index >= 15 is 0 Å². The van der Waals surface area contributed by atoms with Gasteiger partial charge >= 0.3 is 0 Å². The smallest absolute Gasteiger partial charge is 0.137 e. The number of hydrogen-bond donors (Lipinski definition) is 0. The fraction of sp³-hybridized carbons (Fsp3) is 0.200. The number of carbonyl (C=O) groups excluding carboxylic acids is 1. The number of allylic oxidation sites excluding steroid dienone is 1. The summed E-state index contributed by atoms with van der Waals surface area (Å²) in [6.07, 6.45) is 2.89. The first-order chi connectivity index (χ1) is 2.77. The van der Waals surface area contributed by atoms with E-state index in [-0.39, 0.29) is 5.78 Å². The highest BCUT2D eigenvalue weighted by Crippen LogP contribution is 1.75. The van der Waals surface area contributed by atoms with Gasteiger partial charge in [-0.1, -0.05) is 6.08 Å². The van der Waals surface area contributed by atoms with Crippen molar-refractivity contribution in [3.8, 4) is 0 Å². The van der Waals surface area contributed by atoms with Crippen LogP contribution in [0.25, 0.3) is 0 Å². The lowest BCUT2D eigenvalue weighted by atomic mass is 10.5. The van der Waals surface area contributed by atoms with Crippen LogP contribution in [0.5, 0.6) is 0 Å². The molecule has 1 nitrogen and oxygen atoms in total. The molecule has 0 amide bonds. The lowest BCUT2D eigenvalue weighted by Gasteiger charge is -1.74. The minimum atomic E-state index is 0.0463. The summed E-state index contributed by atoms with van der Waals surface area (Å²) in [5.74, 6) is 0.0463. The van der Waals surface area contributed by atoms with E-state index in [0.29, 0.717) is 0 Å². The van der Waals surface area contributed by atoms with E-state index in [1.54, 1.807) is 0 Å². The van der Waals surface area contributed by atoms with Crippen molar-refractivity contribution in [3.63, 3.8) is 0 Å². The third kappa shape index (κ3) is 3.41. The van der Waals surface area contributed by atoms with Crippen LogP contribution in [0.15, 0.2) is 12.7 Å². The van der Waals surface area contributed by atoms with E-state index in [4.69, 9.17) is 0 Å². The zero-order chi connectivity index (χ0) is 4.99. The van der Waals surface area contributed by atoms with Gasteiger partial charge in [0, 0.05) is 6.42 Å². The second-order valence-corrected chi connectivity index (χ2v) is 1.01. The topological polar surface area (TPSA) is 17.1 Å². The SMILES string of the molecule is C=C[CH][13C](C)=O. The monoisotopic (exact) mass is 84.1 g/mol. The van der Waals surface area contributed by atoms with E-state index in [9.17, 15) is 4.79 Å². The summed E-state index contributed by atoms with van der Waals surface area (Å²) in [4.78, 5) is 9.92. The Labute approximate surface area is 37.7 Å². The van der Waals surface area contributed by atoms with Gasteiger partial charge in [-0.25, -0.2) is 0 Å². The highest BCUT2D eigenvalue weighted by Gasteiger charge is 1.81. The summed E-state index contributed by atoms with van der Waals surface area (Å²) in [6, 6.07) is 0. The van der Waals surface area contributed by atoms with Crippen LogP contribution in [-0.4, -0.2) is 5.78 Å². The van der Waals surface area contributed by atoms with Crippen LogP contribution in [0.1, 0.15) is 6.92 Å². The quantitative estimate of drug-likeness (QED) is 0.455. The van der Waals surface area contributed by atoms with Crippen LogP contribution in [0.3, 0.4) is 0 Å². The molecule has 0 aromatic rings. The van der Waals surface area contributed by atoms with Gasteiger partial charge in [0.25, 0.3) is 0 Å². The van der Waals surface area contributed by atoms with Crippen molar-refractivity contribution in [1.82, 2.24) is 0 Å². The number of rotatable bonds is 2. The Morgan fingerprint density at radius 1 is 1.83 bits per heavy atom. The average Bonchev–Trinajstić information content (AvgIpc) is 1.35.